The summed E-state index contributed by atoms with van der Waals surface area (Å²) in [6.45, 7) is 6.58. The third kappa shape index (κ3) is 3.20. The van der Waals surface area contributed by atoms with Crippen molar-refractivity contribution in [1.29, 1.82) is 0 Å². The molecule has 0 unspecified atom stereocenters. The fourth-order valence-corrected chi connectivity index (χ4v) is 2.96. The predicted octanol–water partition coefficient (Wildman–Crippen LogP) is 3.18. The molecule has 1 aliphatic rings. The Labute approximate surface area is 136 Å². The van der Waals surface area contributed by atoms with E-state index in [2.05, 4.69) is 19.2 Å². The van der Waals surface area contributed by atoms with Crippen LogP contribution in [0.25, 0.3) is 11.0 Å². The van der Waals surface area contributed by atoms with Gasteiger partial charge in [-0.2, -0.15) is 0 Å². The zero-order valence-corrected chi connectivity index (χ0v) is 14.0. The van der Waals surface area contributed by atoms with Crippen LogP contribution in [0.5, 0.6) is 5.75 Å². The number of nitrogens with one attached hydrogen (secondary N) is 1. The Balaban J connectivity index is 1.97. The lowest BCUT2D eigenvalue weighted by molar-refractivity contribution is 0.0763. The molecule has 0 bridgehead atoms. The maximum Gasteiger partial charge on any atom is 0.289 e. The number of hydrogen-bond acceptors (Lipinski definition) is 4. The van der Waals surface area contributed by atoms with E-state index < -0.39 is 0 Å². The SMILES string of the molecule is COc1ccc(CNC(C)C)c2cc(C(=O)N3CCCC3)oc12. The first-order valence-electron chi connectivity index (χ1n) is 8.22. The summed E-state index contributed by atoms with van der Waals surface area (Å²) in [6, 6.07) is 6.17. The van der Waals surface area contributed by atoms with E-state index in [0.29, 0.717) is 23.1 Å². The zero-order chi connectivity index (χ0) is 16.4. The second kappa shape index (κ2) is 6.62. The molecule has 0 saturated carbocycles. The van der Waals surface area contributed by atoms with Crippen molar-refractivity contribution in [3.05, 3.63) is 29.5 Å². The first-order chi connectivity index (χ1) is 11.1. The van der Waals surface area contributed by atoms with Crippen molar-refractivity contribution in [3.8, 4) is 5.75 Å². The molecule has 3 rings (SSSR count). The summed E-state index contributed by atoms with van der Waals surface area (Å²) >= 11 is 0. The molecule has 2 aromatic rings. The molecular formula is C18H24N2O3. The Morgan fingerprint density at radius 1 is 1.35 bits per heavy atom. The molecule has 23 heavy (non-hydrogen) atoms. The number of nitrogens with zero attached hydrogens (tertiary/aromatic N) is 1. The largest absolute Gasteiger partial charge is 0.493 e. The monoisotopic (exact) mass is 316 g/mol. The molecule has 2 heterocycles. The minimum Gasteiger partial charge on any atom is -0.493 e. The van der Waals surface area contributed by atoms with Crippen LogP contribution >= 0.6 is 0 Å². The second-order valence-corrected chi connectivity index (χ2v) is 6.32. The number of likely N-dealkylation sites (tertiary alicyclic amines) is 1. The highest BCUT2D eigenvalue weighted by atomic mass is 16.5. The molecule has 5 heteroatoms. The highest BCUT2D eigenvalue weighted by molar-refractivity contribution is 5.98. The number of carbonyl (C=O) groups is 1. The molecule has 1 aromatic heterocycles. The number of benzene rings is 1. The Bertz CT molecular complexity index is 700. The molecule has 1 saturated heterocycles. The number of ether oxygens (including phenoxy) is 1. The number of methoxy groups -OCH3 is 1. The maximum atomic E-state index is 12.6. The Kier molecular flexibility index (Phi) is 4.57. The molecule has 124 valence electrons. The van der Waals surface area contributed by atoms with Crippen molar-refractivity contribution in [1.82, 2.24) is 10.2 Å². The van der Waals surface area contributed by atoms with E-state index in [4.69, 9.17) is 9.15 Å². The number of rotatable bonds is 5. The maximum absolute atomic E-state index is 12.6. The van der Waals surface area contributed by atoms with Gasteiger partial charge < -0.3 is 19.4 Å². The molecule has 1 aromatic carbocycles. The van der Waals surface area contributed by atoms with Crippen molar-refractivity contribution >= 4 is 16.9 Å². The number of carbonyl (C=O) groups excluding carboxylic acids is 1. The molecule has 0 atom stereocenters. The lowest BCUT2D eigenvalue weighted by atomic mass is 10.1. The van der Waals surface area contributed by atoms with E-state index in [9.17, 15) is 4.79 Å². The molecule has 0 aliphatic carbocycles. The van der Waals surface area contributed by atoms with Gasteiger partial charge in [-0.05, 0) is 30.5 Å². The third-order valence-corrected chi connectivity index (χ3v) is 4.26. The molecule has 0 radical (unpaired) electrons. The fraction of sp³-hybridized carbons (Fsp3) is 0.500. The first kappa shape index (κ1) is 15.9. The molecule has 1 fully saturated rings. The second-order valence-electron chi connectivity index (χ2n) is 6.32. The van der Waals surface area contributed by atoms with E-state index >= 15 is 0 Å². The van der Waals surface area contributed by atoms with Gasteiger partial charge in [0.2, 0.25) is 0 Å². The van der Waals surface area contributed by atoms with E-state index in [1.807, 2.05) is 23.1 Å². The molecule has 5 nitrogen and oxygen atoms in total. The highest BCUT2D eigenvalue weighted by Crippen LogP contribution is 2.32. The average Bonchev–Trinajstić information content (AvgIpc) is 3.21. The van der Waals surface area contributed by atoms with Crippen LogP contribution in [0.15, 0.2) is 22.6 Å². The fourth-order valence-electron chi connectivity index (χ4n) is 2.96. The Morgan fingerprint density at radius 3 is 2.74 bits per heavy atom. The summed E-state index contributed by atoms with van der Waals surface area (Å²) in [4.78, 5) is 14.4. The zero-order valence-electron chi connectivity index (χ0n) is 14.0. The Morgan fingerprint density at radius 2 is 2.09 bits per heavy atom. The molecular weight excluding hydrogens is 292 g/mol. The van der Waals surface area contributed by atoms with Crippen LogP contribution in [0.4, 0.5) is 0 Å². The van der Waals surface area contributed by atoms with Crippen molar-refractivity contribution in [2.75, 3.05) is 20.2 Å². The first-order valence-corrected chi connectivity index (χ1v) is 8.22. The predicted molar refractivity (Wildman–Crippen MR) is 89.9 cm³/mol. The van der Waals surface area contributed by atoms with Crippen LogP contribution in [0.3, 0.4) is 0 Å². The van der Waals surface area contributed by atoms with Crippen LogP contribution in [0, 0.1) is 0 Å². The molecule has 1 aliphatic heterocycles. The van der Waals surface area contributed by atoms with Crippen molar-refractivity contribution in [3.63, 3.8) is 0 Å². The molecule has 0 spiro atoms. The van der Waals surface area contributed by atoms with Crippen LogP contribution in [0.2, 0.25) is 0 Å². The summed E-state index contributed by atoms with van der Waals surface area (Å²) < 4.78 is 11.3. The topological polar surface area (TPSA) is 54.7 Å². The van der Waals surface area contributed by atoms with E-state index in [0.717, 1.165) is 43.4 Å². The lowest BCUT2D eigenvalue weighted by Crippen LogP contribution is -2.27. The third-order valence-electron chi connectivity index (χ3n) is 4.26. The van der Waals surface area contributed by atoms with E-state index in [1.165, 1.54) is 0 Å². The summed E-state index contributed by atoms with van der Waals surface area (Å²) in [7, 11) is 1.62. The van der Waals surface area contributed by atoms with Crippen LogP contribution in [-0.2, 0) is 6.54 Å². The van der Waals surface area contributed by atoms with Crippen molar-refractivity contribution in [2.24, 2.45) is 0 Å². The van der Waals surface area contributed by atoms with Gasteiger partial charge in [-0.1, -0.05) is 19.9 Å². The summed E-state index contributed by atoms with van der Waals surface area (Å²) in [5.41, 5.74) is 1.76. The van der Waals surface area contributed by atoms with Gasteiger partial charge in [0.1, 0.15) is 0 Å². The van der Waals surface area contributed by atoms with Crippen molar-refractivity contribution in [2.45, 2.75) is 39.3 Å². The van der Waals surface area contributed by atoms with Gasteiger partial charge in [0.05, 0.1) is 7.11 Å². The standard InChI is InChI=1S/C18H24N2O3/c1-12(2)19-11-13-6-7-15(22-3)17-14(13)10-16(23-17)18(21)20-8-4-5-9-20/h6-7,10,12,19H,4-5,8-9,11H2,1-3H3. The molecule has 1 N–H and O–H groups in total. The normalized spacial score (nSPS) is 14.9. The van der Waals surface area contributed by atoms with Gasteiger partial charge in [0.15, 0.2) is 17.1 Å². The summed E-state index contributed by atoms with van der Waals surface area (Å²) in [6.07, 6.45) is 2.14. The number of amides is 1. The van der Waals surface area contributed by atoms with E-state index in [1.54, 1.807) is 7.11 Å². The van der Waals surface area contributed by atoms with Crippen LogP contribution in [-0.4, -0.2) is 37.0 Å². The van der Waals surface area contributed by atoms with Gasteiger partial charge in [0.25, 0.3) is 5.91 Å². The van der Waals surface area contributed by atoms with Gasteiger partial charge in [0, 0.05) is 31.1 Å². The van der Waals surface area contributed by atoms with Gasteiger partial charge in [-0.15, -0.1) is 0 Å². The van der Waals surface area contributed by atoms with E-state index in [-0.39, 0.29) is 5.91 Å². The number of hydrogen-bond donors (Lipinski definition) is 1. The number of furan rings is 1. The van der Waals surface area contributed by atoms with Crippen LogP contribution in [0.1, 0.15) is 42.8 Å². The smallest absolute Gasteiger partial charge is 0.289 e. The highest BCUT2D eigenvalue weighted by Gasteiger charge is 2.24. The minimum atomic E-state index is -0.0245. The van der Waals surface area contributed by atoms with Crippen LogP contribution < -0.4 is 10.1 Å². The lowest BCUT2D eigenvalue weighted by Gasteiger charge is -2.12. The number of fused-ring (bicyclic) bond motifs is 1. The van der Waals surface area contributed by atoms with Gasteiger partial charge in [-0.3, -0.25) is 4.79 Å². The Hall–Kier alpha value is -2.01. The van der Waals surface area contributed by atoms with Gasteiger partial charge in [-0.25, -0.2) is 0 Å². The minimum absolute atomic E-state index is 0.0245. The quantitative estimate of drug-likeness (QED) is 0.920. The van der Waals surface area contributed by atoms with Gasteiger partial charge >= 0.3 is 0 Å². The summed E-state index contributed by atoms with van der Waals surface area (Å²) in [5.74, 6) is 1.04. The average molecular weight is 316 g/mol. The van der Waals surface area contributed by atoms with Crippen molar-refractivity contribution < 1.29 is 13.9 Å². The summed E-state index contributed by atoms with van der Waals surface area (Å²) in [5, 5.41) is 4.35. The molecule has 1 amide bonds.